The average Bonchev–Trinajstić information content (AvgIpc) is 3.21. The van der Waals surface area contributed by atoms with Crippen LogP contribution in [0.15, 0.2) is 75.3 Å². The maximum Gasteiger partial charge on any atom is 0.307 e. The first-order chi connectivity index (χ1) is 14.0. The fourth-order valence-electron chi connectivity index (χ4n) is 2.33. The molecule has 0 saturated carbocycles. The van der Waals surface area contributed by atoms with Gasteiger partial charge in [0.15, 0.2) is 11.5 Å². The minimum atomic E-state index is -0.560. The van der Waals surface area contributed by atoms with Gasteiger partial charge < -0.3 is 4.42 Å². The van der Waals surface area contributed by atoms with Gasteiger partial charge in [0.1, 0.15) is 0 Å². The third kappa shape index (κ3) is 5.74. The van der Waals surface area contributed by atoms with Crippen LogP contribution in [0.2, 0.25) is 0 Å². The maximum absolute atomic E-state index is 12.1. The summed E-state index contributed by atoms with van der Waals surface area (Å²) >= 11 is 0. The van der Waals surface area contributed by atoms with Gasteiger partial charge in [-0.1, -0.05) is 59.7 Å². The minimum Gasteiger partial charge on any atom is -0.446 e. The highest BCUT2D eigenvalue weighted by atomic mass is 16.4. The topological polar surface area (TPSA) is 96.1 Å². The van der Waals surface area contributed by atoms with Crippen molar-refractivity contribution in [2.45, 2.75) is 13.8 Å². The highest BCUT2D eigenvalue weighted by molar-refractivity contribution is 5.96. The van der Waals surface area contributed by atoms with E-state index in [1.807, 2.05) is 62.4 Å². The van der Waals surface area contributed by atoms with Crippen molar-refractivity contribution >= 4 is 24.2 Å². The summed E-state index contributed by atoms with van der Waals surface area (Å²) in [5.74, 6) is -1.18. The smallest absolute Gasteiger partial charge is 0.307 e. The first-order valence-electron chi connectivity index (χ1n) is 8.91. The third-order valence-corrected chi connectivity index (χ3v) is 3.97. The van der Waals surface area contributed by atoms with Crippen molar-refractivity contribution in [2.75, 3.05) is 0 Å². The first kappa shape index (κ1) is 19.8. The molecule has 3 aromatic rings. The molecule has 2 amide bonds. The summed E-state index contributed by atoms with van der Waals surface area (Å²) in [5, 5.41) is 7.76. The molecular formula is C22H20N4O3. The number of nitrogens with zero attached hydrogens (tertiary/aromatic N) is 2. The number of carbonyl (C=O) groups excluding carboxylic acids is 2. The lowest BCUT2D eigenvalue weighted by atomic mass is 10.2. The van der Waals surface area contributed by atoms with Crippen molar-refractivity contribution in [3.05, 3.63) is 94.4 Å². The van der Waals surface area contributed by atoms with Gasteiger partial charge >= 0.3 is 11.8 Å². The summed E-state index contributed by atoms with van der Waals surface area (Å²) in [4.78, 5) is 24.1. The molecule has 146 valence electrons. The zero-order valence-corrected chi connectivity index (χ0v) is 16.0. The van der Waals surface area contributed by atoms with Gasteiger partial charge in [0.25, 0.3) is 0 Å². The predicted molar refractivity (Wildman–Crippen MR) is 111 cm³/mol. The highest BCUT2D eigenvalue weighted by Gasteiger charge is 2.15. The van der Waals surface area contributed by atoms with E-state index in [1.165, 1.54) is 24.6 Å². The van der Waals surface area contributed by atoms with Crippen LogP contribution in [-0.2, 0) is 0 Å². The number of carbonyl (C=O) groups is 2. The molecule has 0 atom stereocenters. The molecule has 3 rings (SSSR count). The molecule has 0 aliphatic carbocycles. The van der Waals surface area contributed by atoms with Crippen molar-refractivity contribution in [3.63, 3.8) is 0 Å². The van der Waals surface area contributed by atoms with Gasteiger partial charge in [0.05, 0.1) is 12.4 Å². The first-order valence-corrected chi connectivity index (χ1v) is 8.91. The zero-order valence-electron chi connectivity index (χ0n) is 16.0. The summed E-state index contributed by atoms with van der Waals surface area (Å²) in [7, 11) is 0. The Morgan fingerprint density at radius 2 is 1.07 bits per heavy atom. The second-order valence-electron chi connectivity index (χ2n) is 6.38. The van der Waals surface area contributed by atoms with Gasteiger partial charge in [-0.25, -0.2) is 10.9 Å². The third-order valence-electron chi connectivity index (χ3n) is 3.97. The lowest BCUT2D eigenvalue weighted by Gasteiger charge is -1.98. The molecule has 7 heteroatoms. The monoisotopic (exact) mass is 388 g/mol. The Morgan fingerprint density at radius 3 is 1.45 bits per heavy atom. The molecule has 0 saturated heterocycles. The standard InChI is InChI=1S/C22H20N4O3/c1-15-3-7-17(8-4-15)13-23-25-21(27)19-11-12-20(29-19)22(28)26-24-14-18-9-5-16(2)6-10-18/h3-14H,1-2H3,(H,25,27)(H,26,28). The highest BCUT2D eigenvalue weighted by Crippen LogP contribution is 2.08. The number of aryl methyl sites for hydroxylation is 2. The van der Waals surface area contributed by atoms with E-state index in [2.05, 4.69) is 21.1 Å². The summed E-state index contributed by atoms with van der Waals surface area (Å²) in [5.41, 5.74) is 8.69. The lowest BCUT2D eigenvalue weighted by Crippen LogP contribution is -2.18. The van der Waals surface area contributed by atoms with Gasteiger partial charge in [-0.2, -0.15) is 10.2 Å². The summed E-state index contributed by atoms with van der Waals surface area (Å²) in [6.07, 6.45) is 3.04. The second-order valence-corrected chi connectivity index (χ2v) is 6.38. The van der Waals surface area contributed by atoms with Gasteiger partial charge in [-0.15, -0.1) is 0 Å². The number of rotatable bonds is 6. The Hall–Kier alpha value is -4.00. The van der Waals surface area contributed by atoms with Gasteiger partial charge in [0, 0.05) is 0 Å². The molecule has 0 aliphatic rings. The van der Waals surface area contributed by atoms with Crippen molar-refractivity contribution in [1.29, 1.82) is 0 Å². The SMILES string of the molecule is Cc1ccc(C=NNC(=O)c2ccc(C(=O)NN=Cc3ccc(C)cc3)o2)cc1. The molecule has 29 heavy (non-hydrogen) atoms. The molecule has 0 radical (unpaired) electrons. The van der Waals surface area contributed by atoms with E-state index in [-0.39, 0.29) is 11.5 Å². The van der Waals surface area contributed by atoms with Crippen LogP contribution in [0.1, 0.15) is 43.4 Å². The van der Waals surface area contributed by atoms with E-state index in [9.17, 15) is 9.59 Å². The molecule has 2 N–H and O–H groups in total. The summed E-state index contributed by atoms with van der Waals surface area (Å²) in [6, 6.07) is 18.1. The quantitative estimate of drug-likeness (QED) is 0.500. The Balaban J connectivity index is 1.53. The van der Waals surface area contributed by atoms with Crippen LogP contribution in [0.25, 0.3) is 0 Å². The number of nitrogens with one attached hydrogen (secondary N) is 2. The summed E-state index contributed by atoms with van der Waals surface area (Å²) in [6.45, 7) is 3.97. The molecule has 1 heterocycles. The Bertz CT molecular complexity index is 964. The number of hydrazone groups is 2. The fourth-order valence-corrected chi connectivity index (χ4v) is 2.33. The van der Waals surface area contributed by atoms with Crippen molar-refractivity contribution in [2.24, 2.45) is 10.2 Å². The normalized spacial score (nSPS) is 11.1. The van der Waals surface area contributed by atoms with Gasteiger partial charge in [-0.3, -0.25) is 9.59 Å². The number of hydrogen-bond acceptors (Lipinski definition) is 5. The maximum atomic E-state index is 12.1. The molecule has 0 bridgehead atoms. The van der Waals surface area contributed by atoms with E-state index in [0.29, 0.717) is 0 Å². The average molecular weight is 388 g/mol. The van der Waals surface area contributed by atoms with Crippen LogP contribution < -0.4 is 10.9 Å². The van der Waals surface area contributed by atoms with Crippen molar-refractivity contribution < 1.29 is 14.0 Å². The van der Waals surface area contributed by atoms with Crippen LogP contribution in [0.3, 0.4) is 0 Å². The minimum absolute atomic E-state index is 0.0290. The molecule has 0 aliphatic heterocycles. The molecule has 1 aromatic heterocycles. The lowest BCUT2D eigenvalue weighted by molar-refractivity contribution is 0.0902. The number of amides is 2. The molecule has 7 nitrogen and oxygen atoms in total. The second kappa shape index (κ2) is 9.27. The van der Waals surface area contributed by atoms with Crippen LogP contribution in [-0.4, -0.2) is 24.2 Å². The number of hydrogen-bond donors (Lipinski definition) is 2. The summed E-state index contributed by atoms with van der Waals surface area (Å²) < 4.78 is 5.27. The van der Waals surface area contributed by atoms with E-state index in [0.717, 1.165) is 22.3 Å². The fraction of sp³-hybridized carbons (Fsp3) is 0.0909. The molecule has 0 spiro atoms. The zero-order chi connectivity index (χ0) is 20.6. The molecule has 0 fully saturated rings. The van der Waals surface area contributed by atoms with Crippen LogP contribution in [0.4, 0.5) is 0 Å². The predicted octanol–water partition coefficient (Wildman–Crippen LogP) is 3.42. The Morgan fingerprint density at radius 1 is 0.690 bits per heavy atom. The number of benzene rings is 2. The van der Waals surface area contributed by atoms with Gasteiger partial charge in [-0.05, 0) is 37.1 Å². The van der Waals surface area contributed by atoms with E-state index in [4.69, 9.17) is 4.42 Å². The van der Waals surface area contributed by atoms with E-state index >= 15 is 0 Å². The van der Waals surface area contributed by atoms with Crippen molar-refractivity contribution in [1.82, 2.24) is 10.9 Å². The number of furan rings is 1. The molecule has 2 aromatic carbocycles. The van der Waals surface area contributed by atoms with Crippen molar-refractivity contribution in [3.8, 4) is 0 Å². The van der Waals surface area contributed by atoms with Crippen LogP contribution in [0, 0.1) is 13.8 Å². The largest absolute Gasteiger partial charge is 0.446 e. The Labute approximate surface area is 168 Å². The van der Waals surface area contributed by atoms with E-state index in [1.54, 1.807) is 0 Å². The Kier molecular flexibility index (Phi) is 6.32. The van der Waals surface area contributed by atoms with Gasteiger partial charge in [0.2, 0.25) is 0 Å². The van der Waals surface area contributed by atoms with E-state index < -0.39 is 11.8 Å². The molecular weight excluding hydrogens is 368 g/mol. The van der Waals surface area contributed by atoms with Crippen LogP contribution >= 0.6 is 0 Å². The van der Waals surface area contributed by atoms with Crippen LogP contribution in [0.5, 0.6) is 0 Å². The molecule has 0 unspecified atom stereocenters.